The number of nitrogens with one attached hydrogen (secondary N) is 2. The van der Waals surface area contributed by atoms with Crippen LogP contribution in [-0.2, 0) is 11.3 Å². The van der Waals surface area contributed by atoms with E-state index >= 15 is 0 Å². The highest BCUT2D eigenvalue weighted by atomic mass is 35.5. The maximum Gasteiger partial charge on any atom is 0.0989 e. The first-order valence-electron chi connectivity index (χ1n) is 5.50. The lowest BCUT2D eigenvalue weighted by Crippen LogP contribution is -2.37. The Kier molecular flexibility index (Phi) is 7.43. The summed E-state index contributed by atoms with van der Waals surface area (Å²) >= 11 is 13.3. The predicted molar refractivity (Wildman–Crippen MR) is 75.4 cm³/mol. The summed E-state index contributed by atoms with van der Waals surface area (Å²) in [6.45, 7) is 5.38. The van der Waals surface area contributed by atoms with Crippen LogP contribution < -0.4 is 10.6 Å². The van der Waals surface area contributed by atoms with Crippen LogP contribution in [0, 0.1) is 0 Å². The van der Waals surface area contributed by atoms with Gasteiger partial charge in [0.15, 0.2) is 0 Å². The molecule has 6 heteroatoms. The summed E-state index contributed by atoms with van der Waals surface area (Å²) < 4.78 is 6.46. The minimum Gasteiger partial charge on any atom is -0.383 e. The fourth-order valence-corrected chi connectivity index (χ4v) is 2.83. The summed E-state index contributed by atoms with van der Waals surface area (Å²) in [5.74, 6) is 0. The summed E-state index contributed by atoms with van der Waals surface area (Å²) in [6, 6.07) is 2.29. The molecular formula is C11H18Cl2N2OS. The molecule has 1 rings (SSSR count). The topological polar surface area (TPSA) is 33.3 Å². The third-order valence-corrected chi connectivity index (χ3v) is 3.87. The Balaban J connectivity index is 2.19. The van der Waals surface area contributed by atoms with Gasteiger partial charge in [0.25, 0.3) is 0 Å². The Morgan fingerprint density at radius 3 is 2.82 bits per heavy atom. The van der Waals surface area contributed by atoms with Gasteiger partial charge in [-0.2, -0.15) is 0 Å². The van der Waals surface area contributed by atoms with Crippen LogP contribution in [0.5, 0.6) is 0 Å². The van der Waals surface area contributed by atoms with Crippen LogP contribution in [-0.4, -0.2) is 32.8 Å². The predicted octanol–water partition coefficient (Wildman–Crippen LogP) is 2.77. The summed E-state index contributed by atoms with van der Waals surface area (Å²) in [4.78, 5) is 0. The van der Waals surface area contributed by atoms with E-state index in [2.05, 4.69) is 17.6 Å². The molecule has 0 amide bonds. The van der Waals surface area contributed by atoms with Crippen molar-refractivity contribution in [2.75, 3.05) is 26.8 Å². The van der Waals surface area contributed by atoms with Crippen molar-refractivity contribution in [2.24, 2.45) is 0 Å². The molecule has 1 heterocycles. The number of hydrogen-bond acceptors (Lipinski definition) is 4. The molecule has 0 aromatic carbocycles. The van der Waals surface area contributed by atoms with Crippen LogP contribution in [0.15, 0.2) is 6.07 Å². The molecule has 0 aliphatic carbocycles. The highest BCUT2D eigenvalue weighted by Crippen LogP contribution is 2.30. The largest absolute Gasteiger partial charge is 0.383 e. The van der Waals surface area contributed by atoms with Crippen LogP contribution in [0.3, 0.4) is 0 Å². The molecule has 17 heavy (non-hydrogen) atoms. The number of methoxy groups -OCH3 is 1. The van der Waals surface area contributed by atoms with Crippen molar-refractivity contribution >= 4 is 34.5 Å². The molecule has 0 fully saturated rings. The van der Waals surface area contributed by atoms with Gasteiger partial charge in [-0.15, -0.1) is 11.3 Å². The molecule has 0 aliphatic heterocycles. The zero-order chi connectivity index (χ0) is 12.7. The van der Waals surface area contributed by atoms with Crippen molar-refractivity contribution in [1.29, 1.82) is 0 Å². The number of thiophene rings is 1. The minimum atomic E-state index is 0.376. The minimum absolute atomic E-state index is 0.376. The molecule has 0 saturated heterocycles. The smallest absolute Gasteiger partial charge is 0.0989 e. The molecule has 0 radical (unpaired) electrons. The van der Waals surface area contributed by atoms with Gasteiger partial charge in [-0.3, -0.25) is 0 Å². The Hall–Kier alpha value is 0.160. The second-order valence-electron chi connectivity index (χ2n) is 3.83. The van der Waals surface area contributed by atoms with E-state index < -0.39 is 0 Å². The molecule has 0 bridgehead atoms. The van der Waals surface area contributed by atoms with Crippen molar-refractivity contribution in [3.8, 4) is 0 Å². The molecule has 0 aliphatic rings. The standard InChI is InChI=1S/C11H18Cl2N2OS/c1-8(6-14-3-4-16-2)15-7-9-5-10(12)17-11(9)13/h5,8,14-15H,3-4,6-7H2,1-2H3. The van der Waals surface area contributed by atoms with Crippen molar-refractivity contribution in [2.45, 2.75) is 19.5 Å². The monoisotopic (exact) mass is 296 g/mol. The second-order valence-corrected chi connectivity index (χ2v) is 6.11. The van der Waals surface area contributed by atoms with Crippen molar-refractivity contribution in [3.63, 3.8) is 0 Å². The summed E-state index contributed by atoms with van der Waals surface area (Å²) in [7, 11) is 1.70. The molecule has 1 aromatic rings. The third kappa shape index (κ3) is 6.04. The third-order valence-electron chi connectivity index (χ3n) is 2.30. The van der Waals surface area contributed by atoms with E-state index in [4.69, 9.17) is 27.9 Å². The van der Waals surface area contributed by atoms with Gasteiger partial charge in [0.2, 0.25) is 0 Å². The van der Waals surface area contributed by atoms with Gasteiger partial charge in [-0.05, 0) is 18.6 Å². The van der Waals surface area contributed by atoms with Crippen LogP contribution in [0.2, 0.25) is 8.67 Å². The van der Waals surface area contributed by atoms with Crippen LogP contribution in [0.1, 0.15) is 12.5 Å². The first-order valence-corrected chi connectivity index (χ1v) is 7.07. The molecule has 0 saturated carbocycles. The van der Waals surface area contributed by atoms with Crippen molar-refractivity contribution in [3.05, 3.63) is 20.3 Å². The number of ether oxygens (including phenoxy) is 1. The molecule has 1 unspecified atom stereocenters. The van der Waals surface area contributed by atoms with Gasteiger partial charge < -0.3 is 15.4 Å². The van der Waals surface area contributed by atoms with Gasteiger partial charge in [0.1, 0.15) is 0 Å². The zero-order valence-electron chi connectivity index (χ0n) is 10.1. The highest BCUT2D eigenvalue weighted by Gasteiger charge is 2.07. The Morgan fingerprint density at radius 1 is 1.47 bits per heavy atom. The van der Waals surface area contributed by atoms with E-state index in [1.165, 1.54) is 11.3 Å². The van der Waals surface area contributed by atoms with E-state index in [0.717, 1.165) is 40.5 Å². The molecule has 98 valence electrons. The average molecular weight is 297 g/mol. The van der Waals surface area contributed by atoms with Crippen LogP contribution in [0.25, 0.3) is 0 Å². The van der Waals surface area contributed by atoms with Crippen LogP contribution >= 0.6 is 34.5 Å². The Labute approximate surface area is 116 Å². The van der Waals surface area contributed by atoms with E-state index in [-0.39, 0.29) is 0 Å². The highest BCUT2D eigenvalue weighted by molar-refractivity contribution is 7.20. The van der Waals surface area contributed by atoms with Crippen LogP contribution in [0.4, 0.5) is 0 Å². The molecule has 1 aromatic heterocycles. The first kappa shape index (κ1) is 15.2. The summed E-state index contributed by atoms with van der Waals surface area (Å²) in [5.41, 5.74) is 1.06. The van der Waals surface area contributed by atoms with Crippen molar-refractivity contribution in [1.82, 2.24) is 10.6 Å². The van der Waals surface area contributed by atoms with Gasteiger partial charge in [-0.25, -0.2) is 0 Å². The van der Waals surface area contributed by atoms with E-state index in [9.17, 15) is 0 Å². The number of halogens is 2. The molecule has 3 nitrogen and oxygen atoms in total. The summed E-state index contributed by atoms with van der Waals surface area (Å²) in [5, 5.41) is 6.69. The average Bonchev–Trinajstić information content (AvgIpc) is 2.61. The van der Waals surface area contributed by atoms with Gasteiger partial charge in [-0.1, -0.05) is 23.2 Å². The normalized spacial score (nSPS) is 12.9. The van der Waals surface area contributed by atoms with E-state index in [1.807, 2.05) is 6.07 Å². The fraction of sp³-hybridized carbons (Fsp3) is 0.636. The zero-order valence-corrected chi connectivity index (χ0v) is 12.4. The Morgan fingerprint density at radius 2 is 2.24 bits per heavy atom. The number of rotatable bonds is 8. The number of hydrogen-bond donors (Lipinski definition) is 2. The quantitative estimate of drug-likeness (QED) is 0.724. The fourth-order valence-electron chi connectivity index (χ4n) is 1.34. The summed E-state index contributed by atoms with van der Waals surface area (Å²) in [6.07, 6.45) is 0. The van der Waals surface area contributed by atoms with Gasteiger partial charge in [0.05, 0.1) is 15.3 Å². The SMILES string of the molecule is COCCNCC(C)NCc1cc(Cl)sc1Cl. The lowest BCUT2D eigenvalue weighted by molar-refractivity contribution is 0.198. The second kappa shape index (κ2) is 8.29. The molecule has 1 atom stereocenters. The van der Waals surface area contributed by atoms with Gasteiger partial charge >= 0.3 is 0 Å². The lowest BCUT2D eigenvalue weighted by Gasteiger charge is -2.14. The van der Waals surface area contributed by atoms with E-state index in [0.29, 0.717) is 6.04 Å². The van der Waals surface area contributed by atoms with Gasteiger partial charge in [0, 0.05) is 32.8 Å². The molecule has 2 N–H and O–H groups in total. The Bertz CT molecular complexity index is 333. The lowest BCUT2D eigenvalue weighted by atomic mass is 10.3. The molecular weight excluding hydrogens is 279 g/mol. The van der Waals surface area contributed by atoms with E-state index in [1.54, 1.807) is 7.11 Å². The first-order chi connectivity index (χ1) is 8.13. The van der Waals surface area contributed by atoms with Crippen molar-refractivity contribution < 1.29 is 4.74 Å². The maximum atomic E-state index is 6.04. The molecule has 0 spiro atoms. The maximum absolute atomic E-state index is 6.04.